The van der Waals surface area contributed by atoms with Crippen LogP contribution in [0.4, 0.5) is 0 Å². The zero-order valence-corrected chi connectivity index (χ0v) is 15.5. The number of ketones is 1. The van der Waals surface area contributed by atoms with Crippen molar-refractivity contribution in [3.63, 3.8) is 0 Å². The van der Waals surface area contributed by atoms with Crippen molar-refractivity contribution in [1.29, 1.82) is 0 Å². The maximum Gasteiger partial charge on any atom is 0.347 e. The molecule has 0 atom stereocenters. The first-order valence-corrected chi connectivity index (χ1v) is 9.15. The van der Waals surface area contributed by atoms with Crippen molar-refractivity contribution in [2.75, 3.05) is 39.5 Å². The van der Waals surface area contributed by atoms with E-state index in [1.807, 2.05) is 6.07 Å². The van der Waals surface area contributed by atoms with Crippen LogP contribution in [-0.4, -0.2) is 71.4 Å². The number of carbonyl (C=O) groups is 2. The number of H-pyrrole nitrogens is 1. The number of nitrogens with zero attached hydrogens (tertiary/aromatic N) is 2. The van der Waals surface area contributed by atoms with Crippen molar-refractivity contribution in [2.24, 2.45) is 0 Å². The Morgan fingerprint density at radius 2 is 2.24 bits per heavy atom. The highest BCUT2D eigenvalue weighted by atomic mass is 16.5. The fourth-order valence-electron chi connectivity index (χ4n) is 3.06. The smallest absolute Gasteiger partial charge is 0.347 e. The highest BCUT2D eigenvalue weighted by Crippen LogP contribution is 2.28. The number of aliphatic hydroxyl groups is 1. The summed E-state index contributed by atoms with van der Waals surface area (Å²) in [4.78, 5) is 32.5. The van der Waals surface area contributed by atoms with Gasteiger partial charge in [0.25, 0.3) is 0 Å². The number of nitrogens with one attached hydrogen (secondary N) is 2. The van der Waals surface area contributed by atoms with Crippen molar-refractivity contribution in [3.05, 3.63) is 47.3 Å². The number of Topliss-reactive ketones (excluding diaryl/α,β-unsaturated/α-hetero) is 1. The first-order valence-electron chi connectivity index (χ1n) is 9.15. The summed E-state index contributed by atoms with van der Waals surface area (Å²) in [7, 11) is 0. The predicted molar refractivity (Wildman–Crippen MR) is 101 cm³/mol. The van der Waals surface area contributed by atoms with E-state index in [4.69, 9.17) is 19.3 Å². The quantitative estimate of drug-likeness (QED) is 0.351. The van der Waals surface area contributed by atoms with Crippen LogP contribution >= 0.6 is 0 Å². The minimum absolute atomic E-state index is 0.00376. The molecule has 4 rings (SSSR count). The van der Waals surface area contributed by atoms with Crippen LogP contribution < -0.4 is 5.43 Å². The Bertz CT molecular complexity index is 990. The van der Waals surface area contributed by atoms with Crippen LogP contribution in [0.3, 0.4) is 0 Å². The molecule has 0 aliphatic carbocycles. The molecule has 2 aliphatic rings. The number of carbonyl (C=O) groups excluding carboxylic acids is 2. The molecule has 1 saturated heterocycles. The number of ether oxygens (including phenoxy) is 3. The summed E-state index contributed by atoms with van der Waals surface area (Å²) in [5.74, 6) is -1.46. The van der Waals surface area contributed by atoms with Crippen LogP contribution in [0, 0.1) is 0 Å². The standard InChI is InChI=1S/C19H20N4O6/c24-6-9-28-19(26)15-16(25)14(29-18(15)22-23-4-7-27-8-5-23)10-12-11-21-17-13(12)2-1-3-20-17/h1-3,10-11,22,24H,4-9H2,(H,20,21)/b14-10-. The maximum atomic E-state index is 12.9. The lowest BCUT2D eigenvalue weighted by Gasteiger charge is -2.27. The summed E-state index contributed by atoms with van der Waals surface area (Å²) in [5.41, 5.74) is 4.10. The van der Waals surface area contributed by atoms with Crippen LogP contribution in [0.5, 0.6) is 0 Å². The van der Waals surface area contributed by atoms with E-state index in [0.717, 1.165) is 5.39 Å². The number of aromatic nitrogens is 2. The summed E-state index contributed by atoms with van der Waals surface area (Å²) in [6.07, 6.45) is 4.92. The highest BCUT2D eigenvalue weighted by Gasteiger charge is 2.38. The van der Waals surface area contributed by atoms with Crippen molar-refractivity contribution in [1.82, 2.24) is 20.4 Å². The normalized spacial score (nSPS) is 19.1. The SMILES string of the molecule is O=C(OCCO)C1=C(NN2CCOCC2)O/C(=C\c2c[nH]c3ncccc23)C1=O. The molecule has 29 heavy (non-hydrogen) atoms. The first-order chi connectivity index (χ1) is 14.2. The monoisotopic (exact) mass is 400 g/mol. The molecule has 2 aromatic heterocycles. The van der Waals surface area contributed by atoms with E-state index in [1.165, 1.54) is 0 Å². The number of pyridine rings is 1. The zero-order chi connectivity index (χ0) is 20.2. The van der Waals surface area contributed by atoms with E-state index in [1.54, 1.807) is 29.5 Å². The van der Waals surface area contributed by atoms with Crippen LogP contribution in [0.2, 0.25) is 0 Å². The topological polar surface area (TPSA) is 126 Å². The number of hydrogen-bond donors (Lipinski definition) is 3. The fourth-order valence-corrected chi connectivity index (χ4v) is 3.06. The highest BCUT2D eigenvalue weighted by molar-refractivity contribution is 6.26. The molecule has 0 saturated carbocycles. The average Bonchev–Trinajstić information content (AvgIpc) is 3.28. The van der Waals surface area contributed by atoms with E-state index >= 15 is 0 Å². The van der Waals surface area contributed by atoms with Gasteiger partial charge in [0.1, 0.15) is 12.3 Å². The Labute approximate surface area is 165 Å². The van der Waals surface area contributed by atoms with Gasteiger partial charge in [-0.1, -0.05) is 0 Å². The van der Waals surface area contributed by atoms with Gasteiger partial charge in [-0.3, -0.25) is 10.2 Å². The zero-order valence-electron chi connectivity index (χ0n) is 15.5. The summed E-state index contributed by atoms with van der Waals surface area (Å²) in [6.45, 7) is 1.60. The van der Waals surface area contributed by atoms with Crippen molar-refractivity contribution in [3.8, 4) is 0 Å². The van der Waals surface area contributed by atoms with Crippen LogP contribution in [0.1, 0.15) is 5.56 Å². The number of allylic oxidation sites excluding steroid dienone is 1. The second-order valence-electron chi connectivity index (χ2n) is 6.36. The van der Waals surface area contributed by atoms with E-state index in [-0.39, 0.29) is 30.4 Å². The number of fused-ring (bicyclic) bond motifs is 1. The van der Waals surface area contributed by atoms with Gasteiger partial charge < -0.3 is 24.3 Å². The Kier molecular flexibility index (Phi) is 5.56. The predicted octanol–water partition coefficient (Wildman–Crippen LogP) is 0.0870. The Morgan fingerprint density at radius 1 is 1.41 bits per heavy atom. The third-order valence-electron chi connectivity index (χ3n) is 4.46. The number of rotatable bonds is 6. The van der Waals surface area contributed by atoms with Gasteiger partial charge in [-0.2, -0.15) is 0 Å². The molecule has 0 spiro atoms. The number of aliphatic hydroxyl groups excluding tert-OH is 1. The molecule has 0 bridgehead atoms. The minimum Gasteiger partial charge on any atom is -0.459 e. The first kappa shape index (κ1) is 19.1. The molecule has 0 aromatic carbocycles. The van der Waals surface area contributed by atoms with E-state index in [2.05, 4.69) is 15.4 Å². The van der Waals surface area contributed by atoms with Crippen LogP contribution in [-0.2, 0) is 23.8 Å². The molecule has 2 aliphatic heterocycles. The third-order valence-corrected chi connectivity index (χ3v) is 4.46. The summed E-state index contributed by atoms with van der Waals surface area (Å²) >= 11 is 0. The number of hydrazine groups is 1. The van der Waals surface area contributed by atoms with Gasteiger partial charge in [-0.05, 0) is 18.2 Å². The second kappa shape index (κ2) is 8.43. The summed E-state index contributed by atoms with van der Waals surface area (Å²) < 4.78 is 16.0. The molecule has 10 nitrogen and oxygen atoms in total. The Balaban J connectivity index is 1.63. The lowest BCUT2D eigenvalue weighted by atomic mass is 10.1. The maximum absolute atomic E-state index is 12.9. The molecule has 0 unspecified atom stereocenters. The van der Waals surface area contributed by atoms with Crippen LogP contribution in [0.25, 0.3) is 17.1 Å². The van der Waals surface area contributed by atoms with Gasteiger partial charge in [0.15, 0.2) is 11.3 Å². The molecule has 2 aromatic rings. The average molecular weight is 400 g/mol. The Hall–Kier alpha value is -3.21. The van der Waals surface area contributed by atoms with Gasteiger partial charge in [-0.15, -0.1) is 0 Å². The molecular weight excluding hydrogens is 380 g/mol. The summed E-state index contributed by atoms with van der Waals surface area (Å²) in [6, 6.07) is 3.65. The number of hydrogen-bond acceptors (Lipinski definition) is 9. The Morgan fingerprint density at radius 3 is 3.03 bits per heavy atom. The summed E-state index contributed by atoms with van der Waals surface area (Å²) in [5, 5.41) is 11.5. The van der Waals surface area contributed by atoms with E-state index in [9.17, 15) is 9.59 Å². The van der Waals surface area contributed by atoms with Crippen molar-refractivity contribution < 1.29 is 28.9 Å². The number of morpholine rings is 1. The lowest BCUT2D eigenvalue weighted by molar-refractivity contribution is -0.141. The number of esters is 1. The minimum atomic E-state index is -0.858. The third kappa shape index (κ3) is 3.99. The van der Waals surface area contributed by atoms with E-state index < -0.39 is 11.8 Å². The largest absolute Gasteiger partial charge is 0.459 e. The number of aromatic amines is 1. The fraction of sp³-hybridized carbons (Fsp3) is 0.316. The van der Waals surface area contributed by atoms with Gasteiger partial charge >= 0.3 is 5.97 Å². The van der Waals surface area contributed by atoms with Gasteiger partial charge in [0.05, 0.1) is 19.8 Å². The second-order valence-corrected chi connectivity index (χ2v) is 6.36. The molecule has 0 radical (unpaired) electrons. The molecule has 10 heteroatoms. The van der Waals surface area contributed by atoms with Crippen molar-refractivity contribution in [2.45, 2.75) is 0 Å². The van der Waals surface area contributed by atoms with Gasteiger partial charge in [0, 0.05) is 36.4 Å². The molecule has 3 N–H and O–H groups in total. The van der Waals surface area contributed by atoms with Gasteiger partial charge in [-0.25, -0.2) is 14.8 Å². The van der Waals surface area contributed by atoms with Crippen molar-refractivity contribution >= 4 is 28.9 Å². The molecule has 152 valence electrons. The molecular formula is C19H20N4O6. The molecule has 4 heterocycles. The van der Waals surface area contributed by atoms with Gasteiger partial charge in [0.2, 0.25) is 11.7 Å². The molecule has 1 fully saturated rings. The van der Waals surface area contributed by atoms with E-state index in [0.29, 0.717) is 37.5 Å². The van der Waals surface area contributed by atoms with Crippen LogP contribution in [0.15, 0.2) is 41.7 Å². The molecule has 0 amide bonds. The lowest BCUT2D eigenvalue weighted by Crippen LogP contribution is -2.45.